The molecule has 0 atom stereocenters. The van der Waals surface area contributed by atoms with E-state index in [0.29, 0.717) is 49.6 Å². The largest absolute Gasteiger partial charge is 0.338 e. The summed E-state index contributed by atoms with van der Waals surface area (Å²) in [6.45, 7) is 2.93. The zero-order chi connectivity index (χ0) is 22.9. The quantitative estimate of drug-likeness (QED) is 0.730. The first-order valence-corrected chi connectivity index (χ1v) is 13.1. The first-order valence-electron chi connectivity index (χ1n) is 13.1. The second-order valence-corrected chi connectivity index (χ2v) is 12.2. The summed E-state index contributed by atoms with van der Waals surface area (Å²) in [5.74, 6) is 1.98. The number of aromatic nitrogens is 4. The number of rotatable bonds is 4. The molecule has 4 heterocycles. The van der Waals surface area contributed by atoms with Gasteiger partial charge in [0, 0.05) is 74.4 Å². The normalized spacial score (nSPS) is 33.6. The molecule has 0 spiro atoms. The highest BCUT2D eigenvalue weighted by Crippen LogP contribution is 2.67. The molecule has 6 aliphatic rings. The summed E-state index contributed by atoms with van der Waals surface area (Å²) in [4.78, 5) is 31.1. The highest BCUT2D eigenvalue weighted by molar-refractivity contribution is 5.78. The van der Waals surface area contributed by atoms with E-state index in [-0.39, 0.29) is 10.8 Å². The Balaban J connectivity index is 1.06. The van der Waals surface area contributed by atoms with Gasteiger partial charge >= 0.3 is 0 Å². The molecule has 2 N–H and O–H groups in total. The summed E-state index contributed by atoms with van der Waals surface area (Å²) in [6.07, 6.45) is 13.9. The lowest BCUT2D eigenvalue weighted by Crippen LogP contribution is -2.55. The first-order chi connectivity index (χ1) is 16.5. The lowest BCUT2D eigenvalue weighted by molar-refractivity contribution is -0.155. The van der Waals surface area contributed by atoms with E-state index in [1.165, 1.54) is 43.5 Å². The fourth-order valence-corrected chi connectivity index (χ4v) is 8.80. The molecule has 8 heteroatoms. The number of carbonyl (C=O) groups excluding carboxylic acids is 2. The molecular weight excluding hydrogens is 428 g/mol. The summed E-state index contributed by atoms with van der Waals surface area (Å²) < 4.78 is 0. The summed E-state index contributed by atoms with van der Waals surface area (Å²) in [5.41, 5.74) is 4.87. The Morgan fingerprint density at radius 1 is 0.824 bits per heavy atom. The van der Waals surface area contributed by atoms with Gasteiger partial charge in [0.15, 0.2) is 0 Å². The molecule has 2 aromatic rings. The minimum atomic E-state index is 0.0950. The summed E-state index contributed by atoms with van der Waals surface area (Å²) in [6, 6.07) is 0. The number of nitrogens with zero attached hydrogens (tertiary/aromatic N) is 4. The first kappa shape index (κ1) is 20.7. The SMILES string of the molecule is O=C(CC12CC3CC(C1)CC(CC(=O)N1CCc4[nH]ncc4C1)(C3)C2)N1CCc2[nH]ncc2C1. The van der Waals surface area contributed by atoms with Crippen molar-refractivity contribution in [3.8, 4) is 0 Å². The average molecular weight is 463 g/mol. The van der Waals surface area contributed by atoms with E-state index in [4.69, 9.17) is 0 Å². The van der Waals surface area contributed by atoms with Gasteiger partial charge in [0.1, 0.15) is 0 Å². The van der Waals surface area contributed by atoms with Gasteiger partial charge in [0.05, 0.1) is 12.4 Å². The number of amides is 2. The van der Waals surface area contributed by atoms with E-state index in [9.17, 15) is 9.59 Å². The van der Waals surface area contributed by atoms with Gasteiger partial charge in [-0.3, -0.25) is 19.8 Å². The van der Waals surface area contributed by atoms with Crippen LogP contribution >= 0.6 is 0 Å². The number of carbonyl (C=O) groups is 2. The second kappa shape index (κ2) is 7.43. The zero-order valence-electron chi connectivity index (χ0n) is 19.8. The minimum absolute atomic E-state index is 0.0950. The molecule has 0 unspecified atom stereocenters. The second-order valence-electron chi connectivity index (χ2n) is 12.2. The molecule has 0 aromatic carbocycles. The molecule has 2 aliphatic heterocycles. The van der Waals surface area contributed by atoms with Crippen LogP contribution in [0.5, 0.6) is 0 Å². The van der Waals surface area contributed by atoms with Gasteiger partial charge in [-0.05, 0) is 61.2 Å². The van der Waals surface area contributed by atoms with E-state index in [2.05, 4.69) is 20.4 Å². The Labute approximate surface area is 199 Å². The van der Waals surface area contributed by atoms with E-state index in [1.807, 2.05) is 22.2 Å². The highest BCUT2D eigenvalue weighted by Gasteiger charge is 2.58. The fourth-order valence-electron chi connectivity index (χ4n) is 8.80. The summed E-state index contributed by atoms with van der Waals surface area (Å²) in [5, 5.41) is 14.5. The van der Waals surface area contributed by atoms with Crippen LogP contribution in [0.2, 0.25) is 0 Å². The van der Waals surface area contributed by atoms with Crippen molar-refractivity contribution in [1.82, 2.24) is 30.2 Å². The van der Waals surface area contributed by atoms with Crippen LogP contribution in [0.1, 0.15) is 73.9 Å². The van der Waals surface area contributed by atoms with Crippen LogP contribution in [-0.4, -0.2) is 55.1 Å². The molecule has 0 radical (unpaired) electrons. The average Bonchev–Trinajstić information content (AvgIpc) is 3.45. The van der Waals surface area contributed by atoms with Gasteiger partial charge in [0.25, 0.3) is 0 Å². The maximum absolute atomic E-state index is 13.5. The Morgan fingerprint density at radius 3 is 1.76 bits per heavy atom. The molecule has 180 valence electrons. The van der Waals surface area contributed by atoms with Crippen molar-refractivity contribution in [2.45, 2.75) is 77.3 Å². The van der Waals surface area contributed by atoms with Gasteiger partial charge in [-0.1, -0.05) is 0 Å². The van der Waals surface area contributed by atoms with Crippen LogP contribution < -0.4 is 0 Å². The van der Waals surface area contributed by atoms with Crippen LogP contribution in [0.25, 0.3) is 0 Å². The predicted octanol–water partition coefficient (Wildman–Crippen LogP) is 2.97. The number of hydrogen-bond acceptors (Lipinski definition) is 4. The lowest BCUT2D eigenvalue weighted by atomic mass is 9.43. The van der Waals surface area contributed by atoms with Gasteiger partial charge in [-0.15, -0.1) is 0 Å². The van der Waals surface area contributed by atoms with Crippen molar-refractivity contribution in [3.05, 3.63) is 34.9 Å². The fraction of sp³-hybridized carbons (Fsp3) is 0.692. The van der Waals surface area contributed by atoms with E-state index < -0.39 is 0 Å². The Kier molecular flexibility index (Phi) is 4.52. The van der Waals surface area contributed by atoms with Gasteiger partial charge < -0.3 is 9.80 Å². The van der Waals surface area contributed by atoms with E-state index in [0.717, 1.165) is 43.5 Å². The molecular formula is C26H34N6O2. The number of aromatic amines is 2. The molecule has 0 saturated heterocycles. The van der Waals surface area contributed by atoms with Crippen LogP contribution in [0.3, 0.4) is 0 Å². The summed E-state index contributed by atoms with van der Waals surface area (Å²) >= 11 is 0. The van der Waals surface area contributed by atoms with Crippen LogP contribution in [0.4, 0.5) is 0 Å². The number of H-pyrrole nitrogens is 2. The molecule has 8 nitrogen and oxygen atoms in total. The number of fused-ring (bicyclic) bond motifs is 2. The third kappa shape index (κ3) is 3.40. The lowest BCUT2D eigenvalue weighted by Gasteiger charge is -2.62. The molecule has 2 amide bonds. The van der Waals surface area contributed by atoms with Crippen molar-refractivity contribution in [3.63, 3.8) is 0 Å². The van der Waals surface area contributed by atoms with Crippen LogP contribution in [-0.2, 0) is 35.5 Å². The van der Waals surface area contributed by atoms with Crippen molar-refractivity contribution < 1.29 is 9.59 Å². The van der Waals surface area contributed by atoms with Gasteiger partial charge in [-0.25, -0.2) is 0 Å². The third-order valence-electron chi connectivity index (χ3n) is 9.66. The number of nitrogens with one attached hydrogen (secondary N) is 2. The zero-order valence-corrected chi connectivity index (χ0v) is 19.8. The Morgan fingerprint density at radius 2 is 1.29 bits per heavy atom. The van der Waals surface area contributed by atoms with E-state index >= 15 is 0 Å². The minimum Gasteiger partial charge on any atom is -0.338 e. The molecule has 8 rings (SSSR count). The molecule has 34 heavy (non-hydrogen) atoms. The van der Waals surface area contributed by atoms with Crippen LogP contribution in [0.15, 0.2) is 12.4 Å². The molecule has 4 fully saturated rings. The molecule has 4 aliphatic carbocycles. The maximum atomic E-state index is 13.5. The van der Waals surface area contributed by atoms with Crippen molar-refractivity contribution in [2.75, 3.05) is 13.1 Å². The van der Waals surface area contributed by atoms with Crippen LogP contribution in [0, 0.1) is 22.7 Å². The highest BCUT2D eigenvalue weighted by atomic mass is 16.2. The van der Waals surface area contributed by atoms with Gasteiger partial charge in [0.2, 0.25) is 11.8 Å². The Hall–Kier alpha value is -2.64. The Bertz CT molecular complexity index is 1040. The number of hydrogen-bond donors (Lipinski definition) is 2. The topological polar surface area (TPSA) is 98.0 Å². The monoisotopic (exact) mass is 462 g/mol. The predicted molar refractivity (Wildman–Crippen MR) is 124 cm³/mol. The third-order valence-corrected chi connectivity index (χ3v) is 9.66. The molecule has 4 saturated carbocycles. The van der Waals surface area contributed by atoms with E-state index in [1.54, 1.807) is 0 Å². The van der Waals surface area contributed by atoms with Crippen molar-refractivity contribution in [2.24, 2.45) is 22.7 Å². The van der Waals surface area contributed by atoms with Gasteiger partial charge in [-0.2, -0.15) is 10.2 Å². The van der Waals surface area contributed by atoms with Crippen molar-refractivity contribution >= 4 is 11.8 Å². The smallest absolute Gasteiger partial charge is 0.223 e. The molecule has 2 aromatic heterocycles. The molecule has 4 bridgehead atoms. The van der Waals surface area contributed by atoms with Crippen molar-refractivity contribution in [1.29, 1.82) is 0 Å². The maximum Gasteiger partial charge on any atom is 0.223 e. The standard InChI is InChI=1S/C26H34N6O2/c33-23(31-3-1-21-19(14-31)12-27-29-21)10-25-6-17-5-18(7-25)9-26(8-17,16-25)11-24(34)32-4-2-22-20(15-32)13-28-30-22/h12-13,17-18H,1-11,14-16H2,(H,27,29)(H,28,30). The summed E-state index contributed by atoms with van der Waals surface area (Å²) in [7, 11) is 0.